The Morgan fingerprint density at radius 2 is 2.19 bits per heavy atom. The molecule has 1 fully saturated rings. The van der Waals surface area contributed by atoms with Crippen LogP contribution in [0.1, 0.15) is 45.2 Å². The quantitative estimate of drug-likeness (QED) is 0.759. The molecule has 21 heavy (non-hydrogen) atoms. The van der Waals surface area contributed by atoms with E-state index in [1.54, 1.807) is 7.11 Å². The van der Waals surface area contributed by atoms with Gasteiger partial charge in [-0.05, 0) is 45.2 Å². The van der Waals surface area contributed by atoms with Gasteiger partial charge >= 0.3 is 0 Å². The van der Waals surface area contributed by atoms with Crippen LogP contribution in [0.25, 0.3) is 0 Å². The van der Waals surface area contributed by atoms with Crippen LogP contribution in [-0.4, -0.2) is 37.8 Å². The van der Waals surface area contributed by atoms with Gasteiger partial charge in [-0.25, -0.2) is 4.98 Å². The maximum atomic E-state index is 5.31. The standard InChI is InChI=1S/C17H29N3O/c1-5-18-13(2)16-7-6-10-19-17(16)20(11-12-21-4)14(3)15-8-9-15/h6-7,10,13-15,18H,5,8-9,11-12H2,1-4H3. The number of pyridine rings is 1. The molecule has 4 heteroatoms. The van der Waals surface area contributed by atoms with Crippen molar-refractivity contribution in [2.45, 2.75) is 45.7 Å². The third-order valence-electron chi connectivity index (χ3n) is 4.40. The van der Waals surface area contributed by atoms with Crippen molar-refractivity contribution < 1.29 is 4.74 Å². The number of anilines is 1. The lowest BCUT2D eigenvalue weighted by Gasteiger charge is -2.33. The lowest BCUT2D eigenvalue weighted by molar-refractivity contribution is 0.202. The van der Waals surface area contributed by atoms with Crippen LogP contribution < -0.4 is 10.2 Å². The lowest BCUT2D eigenvalue weighted by Crippen LogP contribution is -2.39. The van der Waals surface area contributed by atoms with Crippen LogP contribution in [0, 0.1) is 5.92 Å². The average molecular weight is 291 g/mol. The zero-order valence-electron chi connectivity index (χ0n) is 13.8. The second-order valence-corrected chi connectivity index (χ2v) is 5.96. The van der Waals surface area contributed by atoms with E-state index in [0.717, 1.165) is 31.4 Å². The lowest BCUT2D eigenvalue weighted by atomic mass is 10.1. The minimum atomic E-state index is 0.315. The first-order valence-corrected chi connectivity index (χ1v) is 8.12. The molecule has 2 atom stereocenters. The zero-order valence-corrected chi connectivity index (χ0v) is 13.8. The molecule has 0 saturated heterocycles. The second kappa shape index (κ2) is 7.76. The number of hydrogen-bond acceptors (Lipinski definition) is 4. The van der Waals surface area contributed by atoms with Gasteiger partial charge in [0.15, 0.2) is 0 Å². The fraction of sp³-hybridized carbons (Fsp3) is 0.706. The molecule has 2 unspecified atom stereocenters. The Hall–Kier alpha value is -1.13. The van der Waals surface area contributed by atoms with E-state index >= 15 is 0 Å². The van der Waals surface area contributed by atoms with Gasteiger partial charge in [0.1, 0.15) is 5.82 Å². The summed E-state index contributed by atoms with van der Waals surface area (Å²) in [7, 11) is 1.76. The third-order valence-corrected chi connectivity index (χ3v) is 4.40. The van der Waals surface area contributed by atoms with E-state index in [1.165, 1.54) is 18.4 Å². The molecule has 1 aromatic heterocycles. The highest BCUT2D eigenvalue weighted by Crippen LogP contribution is 2.37. The van der Waals surface area contributed by atoms with E-state index in [1.807, 2.05) is 12.3 Å². The van der Waals surface area contributed by atoms with E-state index in [2.05, 4.69) is 37.1 Å². The molecular weight excluding hydrogens is 262 g/mol. The number of ether oxygens (including phenoxy) is 1. The highest BCUT2D eigenvalue weighted by molar-refractivity contribution is 5.49. The van der Waals surface area contributed by atoms with Crippen molar-refractivity contribution in [3.05, 3.63) is 23.9 Å². The summed E-state index contributed by atoms with van der Waals surface area (Å²) in [5, 5.41) is 3.50. The summed E-state index contributed by atoms with van der Waals surface area (Å²) in [5.74, 6) is 1.92. The molecule has 1 aromatic rings. The van der Waals surface area contributed by atoms with Crippen LogP contribution in [0.5, 0.6) is 0 Å². The van der Waals surface area contributed by atoms with Crippen molar-refractivity contribution >= 4 is 5.82 Å². The Labute approximate surface area is 128 Å². The zero-order chi connectivity index (χ0) is 15.2. The predicted molar refractivity (Wildman–Crippen MR) is 87.7 cm³/mol. The minimum absolute atomic E-state index is 0.315. The number of hydrogen-bond donors (Lipinski definition) is 1. The van der Waals surface area contributed by atoms with Gasteiger partial charge in [-0.2, -0.15) is 0 Å². The first kappa shape index (κ1) is 16.2. The Bertz CT molecular complexity index is 434. The molecule has 1 heterocycles. The Balaban J connectivity index is 2.25. The van der Waals surface area contributed by atoms with Crippen molar-refractivity contribution in [3.63, 3.8) is 0 Å². The molecular formula is C17H29N3O. The van der Waals surface area contributed by atoms with Crippen LogP contribution in [0.15, 0.2) is 18.3 Å². The molecule has 0 spiro atoms. The number of nitrogens with zero attached hydrogens (tertiary/aromatic N) is 2. The van der Waals surface area contributed by atoms with Crippen molar-refractivity contribution in [2.24, 2.45) is 5.92 Å². The van der Waals surface area contributed by atoms with E-state index in [4.69, 9.17) is 9.72 Å². The molecule has 4 nitrogen and oxygen atoms in total. The van der Waals surface area contributed by atoms with Crippen molar-refractivity contribution in [1.82, 2.24) is 10.3 Å². The fourth-order valence-electron chi connectivity index (χ4n) is 2.93. The number of rotatable bonds is 9. The van der Waals surface area contributed by atoms with Crippen molar-refractivity contribution in [2.75, 3.05) is 31.7 Å². The topological polar surface area (TPSA) is 37.4 Å². The third kappa shape index (κ3) is 4.17. The van der Waals surface area contributed by atoms with Crippen molar-refractivity contribution in [1.29, 1.82) is 0 Å². The Kier molecular flexibility index (Phi) is 6.00. The molecule has 0 bridgehead atoms. The number of nitrogens with one attached hydrogen (secondary N) is 1. The molecule has 0 radical (unpaired) electrons. The molecule has 1 N–H and O–H groups in total. The summed E-state index contributed by atoms with van der Waals surface area (Å²) >= 11 is 0. The molecule has 0 aromatic carbocycles. The molecule has 118 valence electrons. The molecule has 0 aliphatic heterocycles. The largest absolute Gasteiger partial charge is 0.383 e. The van der Waals surface area contributed by atoms with Gasteiger partial charge in [0.2, 0.25) is 0 Å². The summed E-state index contributed by atoms with van der Waals surface area (Å²) < 4.78 is 5.31. The molecule has 2 rings (SSSR count). The van der Waals surface area contributed by atoms with Crippen LogP contribution in [0.2, 0.25) is 0 Å². The van der Waals surface area contributed by atoms with Gasteiger partial charge in [-0.15, -0.1) is 0 Å². The SMILES string of the molecule is CCNC(C)c1cccnc1N(CCOC)C(C)C1CC1. The van der Waals surface area contributed by atoms with Gasteiger partial charge in [0.05, 0.1) is 6.61 Å². The molecule has 1 aliphatic rings. The first-order chi connectivity index (χ1) is 10.2. The number of methoxy groups -OCH3 is 1. The van der Waals surface area contributed by atoms with Gasteiger partial charge in [0, 0.05) is 37.5 Å². The van der Waals surface area contributed by atoms with Crippen LogP contribution >= 0.6 is 0 Å². The second-order valence-electron chi connectivity index (χ2n) is 5.96. The van der Waals surface area contributed by atoms with E-state index in [9.17, 15) is 0 Å². The Morgan fingerprint density at radius 3 is 2.81 bits per heavy atom. The summed E-state index contributed by atoms with van der Waals surface area (Å²) in [6, 6.07) is 5.07. The maximum absolute atomic E-state index is 5.31. The maximum Gasteiger partial charge on any atom is 0.133 e. The van der Waals surface area contributed by atoms with Gasteiger partial charge < -0.3 is 15.0 Å². The highest BCUT2D eigenvalue weighted by Gasteiger charge is 2.33. The summed E-state index contributed by atoms with van der Waals surface area (Å²) in [6.45, 7) is 9.28. The van der Waals surface area contributed by atoms with Gasteiger partial charge in [-0.3, -0.25) is 0 Å². The van der Waals surface area contributed by atoms with E-state index < -0.39 is 0 Å². The monoisotopic (exact) mass is 291 g/mol. The van der Waals surface area contributed by atoms with E-state index in [0.29, 0.717) is 12.1 Å². The summed E-state index contributed by atoms with van der Waals surface area (Å²) in [5.41, 5.74) is 1.28. The summed E-state index contributed by atoms with van der Waals surface area (Å²) in [6.07, 6.45) is 4.59. The normalized spacial score (nSPS) is 17.5. The molecule has 1 saturated carbocycles. The average Bonchev–Trinajstić information content (AvgIpc) is 3.33. The molecule has 0 amide bonds. The fourth-order valence-corrected chi connectivity index (χ4v) is 2.93. The smallest absolute Gasteiger partial charge is 0.133 e. The predicted octanol–water partition coefficient (Wildman–Crippen LogP) is 3.00. The minimum Gasteiger partial charge on any atom is -0.383 e. The van der Waals surface area contributed by atoms with E-state index in [-0.39, 0.29) is 0 Å². The van der Waals surface area contributed by atoms with Crippen LogP contribution in [0.3, 0.4) is 0 Å². The highest BCUT2D eigenvalue weighted by atomic mass is 16.5. The Morgan fingerprint density at radius 1 is 1.43 bits per heavy atom. The van der Waals surface area contributed by atoms with Gasteiger partial charge in [0.25, 0.3) is 0 Å². The number of aromatic nitrogens is 1. The first-order valence-electron chi connectivity index (χ1n) is 8.12. The van der Waals surface area contributed by atoms with Crippen LogP contribution in [-0.2, 0) is 4.74 Å². The van der Waals surface area contributed by atoms with Gasteiger partial charge in [-0.1, -0.05) is 13.0 Å². The summed E-state index contributed by atoms with van der Waals surface area (Å²) in [4.78, 5) is 7.13. The molecule has 1 aliphatic carbocycles. The van der Waals surface area contributed by atoms with Crippen molar-refractivity contribution in [3.8, 4) is 0 Å². The van der Waals surface area contributed by atoms with Crippen LogP contribution in [0.4, 0.5) is 5.82 Å².